The molecule has 0 bridgehead atoms. The van der Waals surface area contributed by atoms with Gasteiger partial charge in [-0.05, 0) is 141 Å². The van der Waals surface area contributed by atoms with Gasteiger partial charge in [-0.1, -0.05) is 26.0 Å². The highest BCUT2D eigenvalue weighted by molar-refractivity contribution is 7.10. The molecule has 5 saturated heterocycles. The number of nitrogens with zero attached hydrogens (tertiary/aromatic N) is 9. The number of likely N-dealkylation sites (tertiary alicyclic amines) is 3. The molecule has 460 valence electrons. The monoisotopic (exact) mass is 1190 g/mol. The first-order chi connectivity index (χ1) is 40.8. The molecule has 1 aliphatic carbocycles. The second kappa shape index (κ2) is 27.1. The highest BCUT2D eigenvalue weighted by Gasteiger charge is 2.44. The lowest BCUT2D eigenvalue weighted by atomic mass is 9.82. The Hall–Kier alpha value is -6.40. The highest BCUT2D eigenvalue weighted by atomic mass is 32.1. The number of hydrogen-bond acceptors (Lipinski definition) is 17. The van der Waals surface area contributed by atoms with Crippen molar-refractivity contribution in [1.82, 2.24) is 55.8 Å². The summed E-state index contributed by atoms with van der Waals surface area (Å²) < 4.78 is 37.3. The number of aromatic nitrogens is 3. The number of amides is 4. The number of likely N-dealkylation sites (N-methyl/N-ethyl adjacent to an activating group) is 1. The summed E-state index contributed by atoms with van der Waals surface area (Å²) in [7, 11) is 3.90. The Kier molecular flexibility index (Phi) is 19.7. The molecule has 20 nitrogen and oxygen atoms in total. The van der Waals surface area contributed by atoms with Crippen molar-refractivity contribution in [2.75, 3.05) is 121 Å². The van der Waals surface area contributed by atoms with Gasteiger partial charge in [-0.25, -0.2) is 23.7 Å². The van der Waals surface area contributed by atoms with E-state index in [1.807, 2.05) is 6.07 Å². The van der Waals surface area contributed by atoms with Crippen molar-refractivity contribution in [1.29, 1.82) is 0 Å². The molecule has 10 rings (SSSR count). The van der Waals surface area contributed by atoms with E-state index in [2.05, 4.69) is 82.0 Å². The largest absolute Gasteiger partial charge is 0.492 e. The zero-order valence-corrected chi connectivity index (χ0v) is 51.1. The summed E-state index contributed by atoms with van der Waals surface area (Å²) in [6.45, 7) is 16.6. The van der Waals surface area contributed by atoms with Crippen LogP contribution in [0.3, 0.4) is 0 Å². The molecular formula is C62H86F2N14O6S. The molecule has 6 atom stereocenters. The van der Waals surface area contributed by atoms with Gasteiger partial charge in [-0.3, -0.25) is 33.8 Å². The normalized spacial score (nSPS) is 23.0. The Morgan fingerprint density at radius 3 is 2.42 bits per heavy atom. The predicted octanol–water partition coefficient (Wildman–Crippen LogP) is 5.46. The van der Waals surface area contributed by atoms with E-state index in [0.717, 1.165) is 95.9 Å². The van der Waals surface area contributed by atoms with Crippen molar-refractivity contribution in [3.05, 3.63) is 87.6 Å². The molecule has 0 unspecified atom stereocenters. The summed E-state index contributed by atoms with van der Waals surface area (Å²) in [5, 5.41) is 17.8. The fourth-order valence-corrected chi connectivity index (χ4v) is 14.3. The molecular weight excluding hydrogens is 1110 g/mol. The number of ether oxygens (including phenoxy) is 1. The van der Waals surface area contributed by atoms with Gasteiger partial charge in [0.2, 0.25) is 29.4 Å². The van der Waals surface area contributed by atoms with Crippen LogP contribution in [0.5, 0.6) is 5.75 Å². The van der Waals surface area contributed by atoms with Crippen molar-refractivity contribution >= 4 is 58.1 Å². The third-order valence-corrected chi connectivity index (χ3v) is 19.6. The van der Waals surface area contributed by atoms with Gasteiger partial charge in [-0.15, -0.1) is 11.3 Å². The van der Waals surface area contributed by atoms with E-state index in [1.54, 1.807) is 66.7 Å². The minimum Gasteiger partial charge on any atom is -0.492 e. The fraction of sp³-hybridized carbons (Fsp3) is 0.613. The van der Waals surface area contributed by atoms with Gasteiger partial charge in [0.25, 0.3) is 0 Å². The topological polar surface area (TPSA) is 213 Å². The molecule has 1 spiro atoms. The average Bonchev–Trinajstić information content (AvgIpc) is 3.97. The smallest absolute Gasteiger partial charge is 0.245 e. The molecule has 23 heteroatoms. The molecule has 4 amide bonds. The molecule has 5 N–H and O–H groups in total. The van der Waals surface area contributed by atoms with Crippen LogP contribution in [-0.4, -0.2) is 193 Å². The molecule has 1 saturated carbocycles. The van der Waals surface area contributed by atoms with E-state index in [9.17, 15) is 24.0 Å². The van der Waals surface area contributed by atoms with Crippen molar-refractivity contribution in [3.63, 3.8) is 0 Å². The van der Waals surface area contributed by atoms with E-state index < -0.39 is 29.3 Å². The number of hydrogen-bond donors (Lipinski definition) is 5. The molecule has 7 heterocycles. The van der Waals surface area contributed by atoms with Gasteiger partial charge >= 0.3 is 0 Å². The maximum Gasteiger partial charge on any atom is 0.245 e. The quantitative estimate of drug-likeness (QED) is 0.0461. The van der Waals surface area contributed by atoms with Crippen LogP contribution in [0.2, 0.25) is 0 Å². The SMILES string of the molecule is CN[C@@H](C)C(=O)N[C@@H](C)C(=O)N1CCC[C@H]1c1nc(C(=O)c2cccc(OCCNC(=O)CN3C[C@H]4C[C@@H](N(C)CCCNc5cc(N6CCC7(CC6)CN(c6cc(F)c(CN8CCC(C)(C)CC8)cc6F)CC(=O)N7)ncn5)C[C@H]4C3)c2)cs1. The number of fused-ring (bicyclic) bond motifs is 1. The lowest BCUT2D eigenvalue weighted by Crippen LogP contribution is -2.66. The van der Waals surface area contributed by atoms with Gasteiger partial charge in [0.15, 0.2) is 0 Å². The molecule has 5 aliphatic heterocycles. The van der Waals surface area contributed by atoms with E-state index in [4.69, 9.17) is 4.74 Å². The summed E-state index contributed by atoms with van der Waals surface area (Å²) in [4.78, 5) is 91.9. The molecule has 4 aromatic rings. The van der Waals surface area contributed by atoms with Gasteiger partial charge in [0.05, 0.1) is 42.9 Å². The Morgan fingerprint density at radius 2 is 1.67 bits per heavy atom. The fourth-order valence-electron chi connectivity index (χ4n) is 13.4. The van der Waals surface area contributed by atoms with Crippen molar-refractivity contribution in [3.8, 4) is 5.75 Å². The zero-order valence-electron chi connectivity index (χ0n) is 50.3. The second-order valence-electron chi connectivity index (χ2n) is 25.4. The van der Waals surface area contributed by atoms with Crippen LogP contribution in [0.4, 0.5) is 26.1 Å². The van der Waals surface area contributed by atoms with Crippen LogP contribution >= 0.6 is 11.3 Å². The van der Waals surface area contributed by atoms with Crippen LogP contribution < -0.4 is 41.1 Å². The molecule has 2 aromatic heterocycles. The van der Waals surface area contributed by atoms with Gasteiger partial charge < -0.3 is 50.9 Å². The maximum atomic E-state index is 15.8. The molecule has 6 fully saturated rings. The number of piperidine rings is 2. The molecule has 6 aliphatic rings. The lowest BCUT2D eigenvalue weighted by Gasteiger charge is -2.48. The van der Waals surface area contributed by atoms with Crippen LogP contribution in [0, 0.1) is 28.9 Å². The number of halogens is 2. The van der Waals surface area contributed by atoms with Crippen molar-refractivity contribution in [2.45, 2.75) is 122 Å². The molecule has 0 radical (unpaired) electrons. The number of benzene rings is 2. The van der Waals surface area contributed by atoms with E-state index in [0.29, 0.717) is 104 Å². The molecule has 2 aromatic carbocycles. The first-order valence-corrected chi connectivity index (χ1v) is 31.5. The first-order valence-electron chi connectivity index (χ1n) is 30.6. The van der Waals surface area contributed by atoms with E-state index in [-0.39, 0.29) is 59.7 Å². The minimum atomic E-state index is -0.696. The third-order valence-electron chi connectivity index (χ3n) is 18.7. The number of ketones is 1. The van der Waals surface area contributed by atoms with E-state index in [1.165, 1.54) is 23.5 Å². The number of thiazole rings is 1. The maximum absolute atomic E-state index is 15.8. The van der Waals surface area contributed by atoms with Gasteiger partial charge in [-0.2, -0.15) is 0 Å². The lowest BCUT2D eigenvalue weighted by molar-refractivity contribution is -0.137. The number of anilines is 3. The summed E-state index contributed by atoms with van der Waals surface area (Å²) >= 11 is 1.35. The van der Waals surface area contributed by atoms with Crippen LogP contribution in [0.1, 0.15) is 118 Å². The summed E-state index contributed by atoms with van der Waals surface area (Å²) in [5.74, 6) is 1.34. The third kappa shape index (κ3) is 15.2. The average molecular weight is 1190 g/mol. The highest BCUT2D eigenvalue weighted by Crippen LogP contribution is 2.41. The minimum absolute atomic E-state index is 0.0234. The standard InChI is InChI=1S/C62H86F2N14O6S/c1-40(65-5)58(82)70-41(2)60(83)78-20-8-12-51(78)59-71-50(37-85-59)57(81)42-10-7-11-47(28-42)84-25-18-67-55(79)35-75-32-43-26-46(27-44(43)33-75)73(6)19-9-17-66-53-31-54(69-39-68-53)76-23-15-62(16-24-76)38-77(36-56(80)72-62)52-30-48(63)45(29-49(52)64)34-74-21-13-61(3,4)14-22-74/h7,10-11,28-31,37,39-41,43-44,46,51,65H,8-9,12-27,32-36,38H2,1-6H3,(H,67,79)(H,70,82)(H,72,80)(H,66,68,69)/t40-,41-,43-,44+,46-,51-/m0/s1. The number of nitrogens with one attached hydrogen (secondary N) is 5. The summed E-state index contributed by atoms with van der Waals surface area (Å²) in [5.41, 5.74) is 0.912. The number of carbonyl (C=O) groups is 5. The summed E-state index contributed by atoms with van der Waals surface area (Å²) in [6.07, 6.45) is 9.57. The first kappa shape index (κ1) is 61.7. The van der Waals surface area contributed by atoms with Crippen molar-refractivity contribution in [2.24, 2.45) is 17.3 Å². The second-order valence-corrected chi connectivity index (χ2v) is 26.3. The Labute approximate surface area is 502 Å². The van der Waals surface area contributed by atoms with Crippen molar-refractivity contribution < 1.29 is 37.5 Å². The van der Waals surface area contributed by atoms with Gasteiger partial charge in [0.1, 0.15) is 58.7 Å². The predicted molar refractivity (Wildman–Crippen MR) is 324 cm³/mol. The number of piperazine rings is 1. The zero-order chi connectivity index (χ0) is 60.0. The molecule has 85 heavy (non-hydrogen) atoms. The van der Waals surface area contributed by atoms with Crippen LogP contribution in [-0.2, 0) is 25.7 Å². The summed E-state index contributed by atoms with van der Waals surface area (Å²) in [6, 6.07) is 10.6. The Balaban J connectivity index is 0.598. The van der Waals surface area contributed by atoms with Crippen LogP contribution in [0.15, 0.2) is 54.2 Å². The Bertz CT molecular complexity index is 3010. The Morgan fingerprint density at radius 1 is 0.906 bits per heavy atom. The number of carbonyl (C=O) groups excluding carboxylic acids is 5. The van der Waals surface area contributed by atoms with Gasteiger partial charge in [0, 0.05) is 87.0 Å². The van der Waals surface area contributed by atoms with Crippen LogP contribution in [0.25, 0.3) is 0 Å². The van der Waals surface area contributed by atoms with E-state index >= 15 is 8.78 Å². The number of rotatable bonds is 23.